The van der Waals surface area contributed by atoms with Crippen LogP contribution >= 0.6 is 0 Å². The van der Waals surface area contributed by atoms with E-state index in [0.29, 0.717) is 0 Å². The van der Waals surface area contributed by atoms with Crippen LogP contribution in [0.4, 0.5) is 0 Å². The number of benzene rings is 2. The maximum absolute atomic E-state index is 5.39. The van der Waals surface area contributed by atoms with E-state index in [0.717, 1.165) is 30.0 Å². The molecule has 0 radical (unpaired) electrons. The van der Waals surface area contributed by atoms with Gasteiger partial charge in [-0.1, -0.05) is 36.4 Å². The molecule has 0 saturated heterocycles. The Bertz CT molecular complexity index is 830. The first kappa shape index (κ1) is 18.0. The van der Waals surface area contributed by atoms with Crippen LogP contribution in [-0.2, 0) is 13.5 Å². The van der Waals surface area contributed by atoms with E-state index in [2.05, 4.69) is 46.9 Å². The van der Waals surface area contributed by atoms with E-state index in [1.54, 1.807) is 14.2 Å². The molecule has 2 aromatic carbocycles. The minimum Gasteiger partial charge on any atom is -0.493 e. The fourth-order valence-electron chi connectivity index (χ4n) is 3.06. The zero-order chi connectivity index (χ0) is 18.4. The molecule has 5 heteroatoms. The van der Waals surface area contributed by atoms with E-state index < -0.39 is 0 Å². The third kappa shape index (κ3) is 4.24. The second-order valence-electron chi connectivity index (χ2n) is 6.18. The molecule has 3 rings (SSSR count). The predicted molar refractivity (Wildman–Crippen MR) is 103 cm³/mol. The Hall–Kier alpha value is -2.79. The highest BCUT2D eigenvalue weighted by Crippen LogP contribution is 2.28. The number of aryl methyl sites for hydroxylation is 1. The summed E-state index contributed by atoms with van der Waals surface area (Å²) in [4.78, 5) is 0. The number of methoxy groups -OCH3 is 2. The van der Waals surface area contributed by atoms with E-state index in [4.69, 9.17) is 9.47 Å². The van der Waals surface area contributed by atoms with Crippen LogP contribution in [-0.4, -0.2) is 30.5 Å². The number of ether oxygens (including phenoxy) is 2. The smallest absolute Gasteiger partial charge is 0.160 e. The number of nitrogens with zero attached hydrogens (tertiary/aromatic N) is 2. The highest BCUT2D eigenvalue weighted by Gasteiger charge is 2.15. The van der Waals surface area contributed by atoms with E-state index in [1.165, 1.54) is 11.1 Å². The molecule has 0 aliphatic rings. The van der Waals surface area contributed by atoms with Crippen LogP contribution in [0.2, 0.25) is 0 Å². The summed E-state index contributed by atoms with van der Waals surface area (Å²) in [7, 11) is 5.25. The molecule has 1 atom stereocenters. The Kier molecular flexibility index (Phi) is 5.92. The highest BCUT2D eigenvalue weighted by atomic mass is 16.5. The van der Waals surface area contributed by atoms with Crippen LogP contribution in [0.3, 0.4) is 0 Å². The number of hydrogen-bond donors (Lipinski definition) is 1. The Morgan fingerprint density at radius 1 is 1.00 bits per heavy atom. The van der Waals surface area contributed by atoms with Crippen molar-refractivity contribution >= 4 is 0 Å². The minimum atomic E-state index is 0.116. The zero-order valence-corrected chi connectivity index (χ0v) is 15.5. The molecule has 0 fully saturated rings. The lowest BCUT2D eigenvalue weighted by Crippen LogP contribution is -2.24. The van der Waals surface area contributed by atoms with Crippen LogP contribution in [0.15, 0.2) is 60.9 Å². The van der Waals surface area contributed by atoms with Gasteiger partial charge in [0.2, 0.25) is 0 Å². The first-order chi connectivity index (χ1) is 12.7. The second-order valence-corrected chi connectivity index (χ2v) is 6.18. The first-order valence-electron chi connectivity index (χ1n) is 8.69. The lowest BCUT2D eigenvalue weighted by molar-refractivity contribution is 0.354. The van der Waals surface area contributed by atoms with Gasteiger partial charge in [-0.15, -0.1) is 0 Å². The molecule has 0 unspecified atom stereocenters. The van der Waals surface area contributed by atoms with Crippen molar-refractivity contribution in [1.29, 1.82) is 0 Å². The predicted octanol–water partition coefficient (Wildman–Crippen LogP) is 3.36. The van der Waals surface area contributed by atoms with E-state index in [-0.39, 0.29) is 6.04 Å². The van der Waals surface area contributed by atoms with Crippen molar-refractivity contribution in [2.75, 3.05) is 20.8 Å². The third-order valence-corrected chi connectivity index (χ3v) is 4.40. The molecule has 3 aromatic rings. The second kappa shape index (κ2) is 8.54. The summed E-state index contributed by atoms with van der Waals surface area (Å²) >= 11 is 0. The van der Waals surface area contributed by atoms with Gasteiger partial charge in [0.25, 0.3) is 0 Å². The van der Waals surface area contributed by atoms with Crippen molar-refractivity contribution in [3.63, 3.8) is 0 Å². The molecular weight excluding hydrogens is 326 g/mol. The Balaban J connectivity index is 1.71. The Morgan fingerprint density at radius 2 is 1.77 bits per heavy atom. The van der Waals surface area contributed by atoms with Crippen LogP contribution < -0.4 is 14.8 Å². The van der Waals surface area contributed by atoms with Gasteiger partial charge in [0.15, 0.2) is 11.5 Å². The Morgan fingerprint density at radius 3 is 2.42 bits per heavy atom. The lowest BCUT2D eigenvalue weighted by atomic mass is 10.0. The van der Waals surface area contributed by atoms with Crippen molar-refractivity contribution in [3.05, 3.63) is 77.6 Å². The molecule has 0 aliphatic carbocycles. The minimum absolute atomic E-state index is 0.116. The highest BCUT2D eigenvalue weighted by molar-refractivity contribution is 5.43. The average molecular weight is 351 g/mol. The van der Waals surface area contributed by atoms with Gasteiger partial charge in [0.1, 0.15) is 0 Å². The zero-order valence-electron chi connectivity index (χ0n) is 15.5. The summed E-state index contributed by atoms with van der Waals surface area (Å²) in [6.07, 6.45) is 4.87. The standard InChI is InChI=1S/C21H25N3O2/c1-24-15-18(14-23-24)21(17-7-5-4-6-8-17)22-12-11-16-9-10-19(25-2)20(13-16)26-3/h4-10,13-15,21-22H,11-12H2,1-3H3/t21-/m1/s1. The first-order valence-corrected chi connectivity index (χ1v) is 8.69. The number of hydrogen-bond acceptors (Lipinski definition) is 4. The summed E-state index contributed by atoms with van der Waals surface area (Å²) in [6, 6.07) is 16.6. The molecule has 1 aromatic heterocycles. The van der Waals surface area contributed by atoms with E-state index in [9.17, 15) is 0 Å². The number of rotatable bonds is 8. The normalized spacial score (nSPS) is 12.0. The molecule has 1 N–H and O–H groups in total. The van der Waals surface area contributed by atoms with Gasteiger partial charge in [-0.3, -0.25) is 4.68 Å². The summed E-state index contributed by atoms with van der Waals surface area (Å²) < 4.78 is 12.5. The van der Waals surface area contributed by atoms with E-state index in [1.807, 2.05) is 36.1 Å². The molecule has 26 heavy (non-hydrogen) atoms. The molecule has 1 heterocycles. The van der Waals surface area contributed by atoms with Crippen molar-refractivity contribution < 1.29 is 9.47 Å². The summed E-state index contributed by atoms with van der Waals surface area (Å²) in [5.41, 5.74) is 3.59. The molecule has 0 saturated carbocycles. The van der Waals surface area contributed by atoms with Crippen molar-refractivity contribution in [1.82, 2.24) is 15.1 Å². The summed E-state index contributed by atoms with van der Waals surface area (Å²) in [6.45, 7) is 0.837. The topological polar surface area (TPSA) is 48.3 Å². The summed E-state index contributed by atoms with van der Waals surface area (Å²) in [5, 5.41) is 7.97. The fourth-order valence-corrected chi connectivity index (χ4v) is 3.06. The van der Waals surface area contributed by atoms with Gasteiger partial charge in [-0.05, 0) is 29.7 Å². The largest absolute Gasteiger partial charge is 0.493 e. The molecule has 0 spiro atoms. The van der Waals surface area contributed by atoms with Crippen molar-refractivity contribution in [3.8, 4) is 11.5 Å². The quantitative estimate of drug-likeness (QED) is 0.676. The van der Waals surface area contributed by atoms with Gasteiger partial charge in [0.05, 0.1) is 26.5 Å². The molecule has 0 bridgehead atoms. The van der Waals surface area contributed by atoms with Crippen LogP contribution in [0.5, 0.6) is 11.5 Å². The van der Waals surface area contributed by atoms with Crippen LogP contribution in [0.1, 0.15) is 22.7 Å². The number of nitrogens with one attached hydrogen (secondary N) is 1. The fraction of sp³-hybridized carbons (Fsp3) is 0.286. The molecule has 136 valence electrons. The maximum Gasteiger partial charge on any atom is 0.160 e. The van der Waals surface area contributed by atoms with Gasteiger partial charge in [0, 0.05) is 25.4 Å². The summed E-state index contributed by atoms with van der Waals surface area (Å²) in [5.74, 6) is 1.51. The van der Waals surface area contributed by atoms with Crippen molar-refractivity contribution in [2.24, 2.45) is 7.05 Å². The SMILES string of the molecule is COc1ccc(CCN[C@H](c2ccccc2)c2cnn(C)c2)cc1OC. The molecule has 5 nitrogen and oxygen atoms in total. The maximum atomic E-state index is 5.39. The molecule has 0 amide bonds. The van der Waals surface area contributed by atoms with E-state index >= 15 is 0 Å². The number of aromatic nitrogens is 2. The monoisotopic (exact) mass is 351 g/mol. The van der Waals surface area contributed by atoms with Gasteiger partial charge < -0.3 is 14.8 Å². The van der Waals surface area contributed by atoms with Crippen LogP contribution in [0, 0.1) is 0 Å². The van der Waals surface area contributed by atoms with Gasteiger partial charge >= 0.3 is 0 Å². The third-order valence-electron chi connectivity index (χ3n) is 4.40. The Labute approximate surface area is 154 Å². The van der Waals surface area contributed by atoms with Crippen molar-refractivity contribution in [2.45, 2.75) is 12.5 Å². The molecular formula is C21H25N3O2. The molecule has 0 aliphatic heterocycles. The van der Waals surface area contributed by atoms with Crippen LogP contribution in [0.25, 0.3) is 0 Å². The van der Waals surface area contributed by atoms with Gasteiger partial charge in [-0.25, -0.2) is 0 Å². The van der Waals surface area contributed by atoms with Gasteiger partial charge in [-0.2, -0.15) is 5.10 Å². The average Bonchev–Trinajstić information content (AvgIpc) is 3.11. The lowest BCUT2D eigenvalue weighted by Gasteiger charge is -2.18.